The molecule has 2 aromatic rings. The first kappa shape index (κ1) is 15.3. The normalized spacial score (nSPS) is 13.1. The zero-order valence-corrected chi connectivity index (χ0v) is 13.7. The monoisotopic (exact) mass is 291 g/mol. The lowest BCUT2D eigenvalue weighted by atomic mass is 9.99. The van der Waals surface area contributed by atoms with Gasteiger partial charge in [0.2, 0.25) is 0 Å². The minimum Gasteiger partial charge on any atom is -0.348 e. The van der Waals surface area contributed by atoms with E-state index in [4.69, 9.17) is 0 Å². The van der Waals surface area contributed by atoms with E-state index in [2.05, 4.69) is 59.5 Å². The summed E-state index contributed by atoms with van der Waals surface area (Å²) in [5.41, 5.74) is 2.53. The summed E-state index contributed by atoms with van der Waals surface area (Å²) in [7, 11) is 2.03. The Morgan fingerprint density at radius 2 is 2.20 bits per heavy atom. The largest absolute Gasteiger partial charge is 0.348 e. The minimum atomic E-state index is 0.419. The second kappa shape index (κ2) is 7.04. The Morgan fingerprint density at radius 3 is 2.85 bits per heavy atom. The summed E-state index contributed by atoms with van der Waals surface area (Å²) in [5.74, 6) is 0.589. The van der Waals surface area contributed by atoms with E-state index in [1.54, 1.807) is 11.3 Å². The number of nitrogens with zero attached hydrogens (tertiary/aromatic N) is 2. The summed E-state index contributed by atoms with van der Waals surface area (Å²) in [4.78, 5) is 4.69. The van der Waals surface area contributed by atoms with Crippen LogP contribution in [-0.4, -0.2) is 16.6 Å². The molecule has 4 heteroatoms. The average molecular weight is 291 g/mol. The molecule has 0 saturated carbocycles. The molecule has 0 aliphatic rings. The molecule has 0 saturated heterocycles. The highest BCUT2D eigenvalue weighted by atomic mass is 32.1. The lowest BCUT2D eigenvalue weighted by Crippen LogP contribution is -2.21. The van der Waals surface area contributed by atoms with Crippen molar-refractivity contribution in [2.24, 2.45) is 5.92 Å². The van der Waals surface area contributed by atoms with Crippen LogP contribution in [0.2, 0.25) is 0 Å². The van der Waals surface area contributed by atoms with Crippen LogP contribution in [0, 0.1) is 5.92 Å². The topological polar surface area (TPSA) is 29.9 Å². The first-order valence-corrected chi connectivity index (χ1v) is 8.28. The van der Waals surface area contributed by atoms with Gasteiger partial charge in [0.05, 0.1) is 17.2 Å². The van der Waals surface area contributed by atoms with Crippen molar-refractivity contribution in [3.63, 3.8) is 0 Å². The molecule has 0 aliphatic heterocycles. The van der Waals surface area contributed by atoms with Gasteiger partial charge in [0, 0.05) is 23.8 Å². The van der Waals surface area contributed by atoms with E-state index in [0.29, 0.717) is 12.0 Å². The Bertz CT molecular complexity index is 527. The molecule has 2 heterocycles. The van der Waals surface area contributed by atoms with Crippen molar-refractivity contribution in [2.75, 3.05) is 7.05 Å². The van der Waals surface area contributed by atoms with E-state index >= 15 is 0 Å². The first-order valence-electron chi connectivity index (χ1n) is 7.40. The highest BCUT2D eigenvalue weighted by Crippen LogP contribution is 2.22. The van der Waals surface area contributed by atoms with Crippen LogP contribution in [0.15, 0.2) is 23.8 Å². The van der Waals surface area contributed by atoms with Crippen LogP contribution in [0.25, 0.3) is 0 Å². The highest BCUT2D eigenvalue weighted by molar-refractivity contribution is 7.09. The van der Waals surface area contributed by atoms with E-state index in [1.165, 1.54) is 22.7 Å². The molecule has 0 fully saturated rings. The van der Waals surface area contributed by atoms with Crippen LogP contribution in [0.1, 0.15) is 49.5 Å². The molecular weight excluding hydrogens is 266 g/mol. The molecule has 2 aromatic heterocycles. The molecule has 0 bridgehead atoms. The van der Waals surface area contributed by atoms with E-state index in [1.807, 2.05) is 7.05 Å². The maximum Gasteiger partial charge on any atom is 0.0928 e. The summed E-state index contributed by atoms with van der Waals surface area (Å²) >= 11 is 1.78. The average Bonchev–Trinajstić information content (AvgIpc) is 3.01. The Morgan fingerprint density at radius 1 is 1.40 bits per heavy atom. The first-order chi connectivity index (χ1) is 9.63. The zero-order chi connectivity index (χ0) is 14.5. The predicted molar refractivity (Wildman–Crippen MR) is 86.3 cm³/mol. The predicted octanol–water partition coefficient (Wildman–Crippen LogP) is 3.86. The molecule has 0 spiro atoms. The summed E-state index contributed by atoms with van der Waals surface area (Å²) in [5, 5.41) is 6.83. The summed E-state index contributed by atoms with van der Waals surface area (Å²) in [6.45, 7) is 7.56. The second-order valence-electron chi connectivity index (χ2n) is 5.61. The van der Waals surface area contributed by atoms with Crippen molar-refractivity contribution in [1.29, 1.82) is 0 Å². The highest BCUT2D eigenvalue weighted by Gasteiger charge is 2.14. The summed E-state index contributed by atoms with van der Waals surface area (Å²) < 4.78 is 2.23. The smallest absolute Gasteiger partial charge is 0.0928 e. The molecule has 0 amide bonds. The summed E-state index contributed by atoms with van der Waals surface area (Å²) in [6.07, 6.45) is 6.65. The van der Waals surface area contributed by atoms with Crippen LogP contribution in [0.4, 0.5) is 0 Å². The number of rotatable bonds is 7. The molecule has 110 valence electrons. The molecule has 0 aromatic carbocycles. The van der Waals surface area contributed by atoms with Crippen LogP contribution in [0.5, 0.6) is 0 Å². The van der Waals surface area contributed by atoms with Crippen molar-refractivity contribution in [2.45, 2.75) is 46.2 Å². The van der Waals surface area contributed by atoms with Crippen molar-refractivity contribution in [3.05, 3.63) is 40.1 Å². The SMILES string of the molecule is CCCc1nc(Cn2ccc(C(NC)C(C)C)c2)cs1. The Labute approximate surface area is 126 Å². The number of hydrogen-bond donors (Lipinski definition) is 1. The third kappa shape index (κ3) is 3.70. The van der Waals surface area contributed by atoms with Crippen molar-refractivity contribution in [1.82, 2.24) is 14.9 Å². The van der Waals surface area contributed by atoms with E-state index in [0.717, 1.165) is 13.0 Å². The second-order valence-corrected chi connectivity index (χ2v) is 6.55. The number of aromatic nitrogens is 2. The van der Waals surface area contributed by atoms with Gasteiger partial charge < -0.3 is 9.88 Å². The van der Waals surface area contributed by atoms with E-state index in [-0.39, 0.29) is 0 Å². The van der Waals surface area contributed by atoms with Crippen LogP contribution in [-0.2, 0) is 13.0 Å². The van der Waals surface area contributed by atoms with Crippen molar-refractivity contribution in [3.8, 4) is 0 Å². The molecule has 2 rings (SSSR count). The van der Waals surface area contributed by atoms with Crippen LogP contribution < -0.4 is 5.32 Å². The molecule has 0 aliphatic carbocycles. The maximum absolute atomic E-state index is 4.69. The lowest BCUT2D eigenvalue weighted by molar-refractivity contribution is 0.442. The summed E-state index contributed by atoms with van der Waals surface area (Å²) in [6, 6.07) is 2.63. The number of hydrogen-bond acceptors (Lipinski definition) is 3. The van der Waals surface area contributed by atoms with Gasteiger partial charge in [0.1, 0.15) is 0 Å². The van der Waals surface area contributed by atoms with Gasteiger partial charge in [-0.15, -0.1) is 11.3 Å². The molecule has 0 radical (unpaired) electrons. The van der Waals surface area contributed by atoms with Gasteiger partial charge >= 0.3 is 0 Å². The van der Waals surface area contributed by atoms with E-state index in [9.17, 15) is 0 Å². The van der Waals surface area contributed by atoms with Crippen molar-refractivity contribution < 1.29 is 0 Å². The van der Waals surface area contributed by atoms with Gasteiger partial charge in [0.25, 0.3) is 0 Å². The van der Waals surface area contributed by atoms with E-state index < -0.39 is 0 Å². The van der Waals surface area contributed by atoms with Gasteiger partial charge in [-0.2, -0.15) is 0 Å². The number of nitrogens with one attached hydrogen (secondary N) is 1. The lowest BCUT2D eigenvalue weighted by Gasteiger charge is -2.18. The van der Waals surface area contributed by atoms with Gasteiger partial charge in [0.15, 0.2) is 0 Å². The molecule has 20 heavy (non-hydrogen) atoms. The Kier molecular flexibility index (Phi) is 5.38. The minimum absolute atomic E-state index is 0.419. The van der Waals surface area contributed by atoms with Gasteiger partial charge in [-0.1, -0.05) is 20.8 Å². The molecule has 1 N–H and O–H groups in total. The fourth-order valence-electron chi connectivity index (χ4n) is 2.56. The van der Waals surface area contributed by atoms with Gasteiger partial charge in [-0.3, -0.25) is 0 Å². The van der Waals surface area contributed by atoms with Crippen molar-refractivity contribution >= 4 is 11.3 Å². The quantitative estimate of drug-likeness (QED) is 0.839. The maximum atomic E-state index is 4.69. The van der Waals surface area contributed by atoms with Crippen LogP contribution in [0.3, 0.4) is 0 Å². The third-order valence-corrected chi connectivity index (χ3v) is 4.48. The number of thiazole rings is 1. The van der Waals surface area contributed by atoms with Gasteiger partial charge in [-0.05, 0) is 37.4 Å². The zero-order valence-electron chi connectivity index (χ0n) is 12.9. The molecule has 3 nitrogen and oxygen atoms in total. The molecule has 1 unspecified atom stereocenters. The molecule has 1 atom stereocenters. The standard InChI is InChI=1S/C16H25N3S/c1-5-6-15-18-14(11-20-15)10-19-8-7-13(9-19)16(17-4)12(2)3/h7-9,11-12,16-17H,5-6,10H2,1-4H3. The van der Waals surface area contributed by atoms with Gasteiger partial charge in [-0.25, -0.2) is 4.98 Å². The fraction of sp³-hybridized carbons (Fsp3) is 0.562. The van der Waals surface area contributed by atoms with Crippen LogP contribution >= 0.6 is 11.3 Å². The molecular formula is C16H25N3S. The number of aryl methyl sites for hydroxylation is 1. The fourth-order valence-corrected chi connectivity index (χ4v) is 3.46. The Hall–Kier alpha value is -1.13. The Balaban J connectivity index is 2.04. The third-order valence-electron chi connectivity index (χ3n) is 3.52.